The van der Waals surface area contributed by atoms with E-state index in [1.54, 1.807) is 18.4 Å². The monoisotopic (exact) mass is 529 g/mol. The van der Waals surface area contributed by atoms with Gasteiger partial charge in [-0.2, -0.15) is 0 Å². The summed E-state index contributed by atoms with van der Waals surface area (Å²) in [5.74, 6) is 0.853. The minimum absolute atomic E-state index is 0. The number of aryl methyl sites for hydroxylation is 1. The van der Waals surface area contributed by atoms with E-state index in [0.717, 1.165) is 46.9 Å². The van der Waals surface area contributed by atoms with Gasteiger partial charge in [-0.1, -0.05) is 41.9 Å². The molecule has 0 atom stereocenters. The molecule has 0 unspecified atom stereocenters. The Balaban J connectivity index is 0.00000280. The molecule has 0 bridgehead atoms. The standard InChI is InChI=1S/C20H24ClN5S.HI/c1-22-20(26(3)13-18-11-16(21)12-25(18)2)23-10-9-17-14-27-19(24-17)15-7-5-4-6-8-15;/h4-8,11-12,14H,9-10,13H2,1-3H3,(H,22,23);1H. The highest BCUT2D eigenvalue weighted by Gasteiger charge is 2.10. The maximum Gasteiger partial charge on any atom is 0.193 e. The zero-order valence-electron chi connectivity index (χ0n) is 16.2. The summed E-state index contributed by atoms with van der Waals surface area (Å²) in [6.45, 7) is 1.51. The van der Waals surface area contributed by atoms with Crippen LogP contribution < -0.4 is 5.32 Å². The molecule has 150 valence electrons. The number of nitrogens with zero attached hydrogens (tertiary/aromatic N) is 4. The van der Waals surface area contributed by atoms with Crippen LogP contribution in [-0.4, -0.2) is 41.1 Å². The van der Waals surface area contributed by atoms with E-state index in [4.69, 9.17) is 16.6 Å². The maximum atomic E-state index is 6.07. The molecule has 1 aromatic carbocycles. The lowest BCUT2D eigenvalue weighted by molar-refractivity contribution is 0.462. The highest BCUT2D eigenvalue weighted by atomic mass is 127. The number of nitrogens with one attached hydrogen (secondary N) is 1. The van der Waals surface area contributed by atoms with Crippen molar-refractivity contribution >= 4 is 52.9 Å². The molecule has 0 fully saturated rings. The van der Waals surface area contributed by atoms with Crippen molar-refractivity contribution in [3.63, 3.8) is 0 Å². The Bertz CT molecular complexity index is 906. The summed E-state index contributed by atoms with van der Waals surface area (Å²) in [7, 11) is 5.82. The molecule has 3 rings (SSSR count). The molecule has 0 aliphatic heterocycles. The van der Waals surface area contributed by atoms with Gasteiger partial charge in [-0.15, -0.1) is 35.3 Å². The second-order valence-electron chi connectivity index (χ2n) is 6.35. The number of thiazole rings is 1. The van der Waals surface area contributed by atoms with Crippen molar-refractivity contribution < 1.29 is 0 Å². The molecule has 0 saturated carbocycles. The Labute approximate surface area is 192 Å². The van der Waals surface area contributed by atoms with Crippen molar-refractivity contribution in [1.82, 2.24) is 19.8 Å². The van der Waals surface area contributed by atoms with Crippen LogP contribution in [0.4, 0.5) is 0 Å². The van der Waals surface area contributed by atoms with E-state index in [1.165, 1.54) is 5.56 Å². The quantitative estimate of drug-likeness (QED) is 0.287. The first-order valence-corrected chi connectivity index (χ1v) is 10.0. The largest absolute Gasteiger partial charge is 0.356 e. The Morgan fingerprint density at radius 3 is 2.71 bits per heavy atom. The lowest BCUT2D eigenvalue weighted by atomic mass is 10.2. The SMILES string of the molecule is CN=C(NCCc1csc(-c2ccccc2)n1)N(C)Cc1cc(Cl)cn1C.I. The number of hydrogen-bond acceptors (Lipinski definition) is 3. The van der Waals surface area contributed by atoms with Crippen molar-refractivity contribution in [3.05, 3.63) is 64.4 Å². The molecule has 1 N–H and O–H groups in total. The second-order valence-corrected chi connectivity index (χ2v) is 7.65. The summed E-state index contributed by atoms with van der Waals surface area (Å²) in [5, 5.41) is 7.35. The Hall–Kier alpha value is -1.58. The number of aliphatic imine (C=N–C) groups is 1. The zero-order valence-corrected chi connectivity index (χ0v) is 20.1. The fraction of sp³-hybridized carbons (Fsp3) is 0.300. The summed E-state index contributed by atoms with van der Waals surface area (Å²) in [6.07, 6.45) is 2.76. The van der Waals surface area contributed by atoms with Crippen LogP contribution in [-0.2, 0) is 20.0 Å². The summed E-state index contributed by atoms with van der Waals surface area (Å²) < 4.78 is 2.03. The molecule has 28 heavy (non-hydrogen) atoms. The van der Waals surface area contributed by atoms with Crippen LogP contribution >= 0.6 is 46.9 Å². The summed E-state index contributed by atoms with van der Waals surface area (Å²) in [6, 6.07) is 12.3. The summed E-state index contributed by atoms with van der Waals surface area (Å²) in [5.41, 5.74) is 3.40. The van der Waals surface area contributed by atoms with Gasteiger partial charge in [-0.25, -0.2) is 4.98 Å². The van der Waals surface area contributed by atoms with Gasteiger partial charge in [0.1, 0.15) is 5.01 Å². The Morgan fingerprint density at radius 1 is 1.32 bits per heavy atom. The molecule has 3 aromatic rings. The van der Waals surface area contributed by atoms with Crippen molar-refractivity contribution in [2.45, 2.75) is 13.0 Å². The molecule has 5 nitrogen and oxygen atoms in total. The second kappa shape index (κ2) is 10.8. The maximum absolute atomic E-state index is 6.07. The first kappa shape index (κ1) is 22.7. The van der Waals surface area contributed by atoms with Crippen LogP contribution in [0.1, 0.15) is 11.4 Å². The predicted molar refractivity (Wildman–Crippen MR) is 130 cm³/mol. The molecular formula is C20H25ClIN5S. The third-order valence-corrected chi connectivity index (χ3v) is 5.43. The number of guanidine groups is 1. The van der Waals surface area contributed by atoms with Crippen molar-refractivity contribution in [2.75, 3.05) is 20.6 Å². The van der Waals surface area contributed by atoms with E-state index >= 15 is 0 Å². The fourth-order valence-corrected chi connectivity index (χ4v) is 4.00. The van der Waals surface area contributed by atoms with E-state index in [0.29, 0.717) is 0 Å². The van der Waals surface area contributed by atoms with E-state index in [-0.39, 0.29) is 24.0 Å². The van der Waals surface area contributed by atoms with Crippen LogP contribution in [0.25, 0.3) is 10.6 Å². The van der Waals surface area contributed by atoms with Gasteiger partial charge in [0.05, 0.1) is 17.3 Å². The average molecular weight is 530 g/mol. The molecule has 0 aliphatic rings. The van der Waals surface area contributed by atoms with Gasteiger partial charge >= 0.3 is 0 Å². The van der Waals surface area contributed by atoms with E-state index in [1.807, 2.05) is 49.1 Å². The highest BCUT2D eigenvalue weighted by Crippen LogP contribution is 2.23. The molecule has 2 heterocycles. The van der Waals surface area contributed by atoms with Gasteiger partial charge in [0.25, 0.3) is 0 Å². The number of hydrogen-bond donors (Lipinski definition) is 1. The van der Waals surface area contributed by atoms with Gasteiger partial charge in [-0.3, -0.25) is 4.99 Å². The van der Waals surface area contributed by atoms with Crippen molar-refractivity contribution in [3.8, 4) is 10.6 Å². The predicted octanol–water partition coefficient (Wildman–Crippen LogP) is 4.67. The lowest BCUT2D eigenvalue weighted by Gasteiger charge is -2.22. The summed E-state index contributed by atoms with van der Waals surface area (Å²) in [4.78, 5) is 11.2. The van der Waals surface area contributed by atoms with Gasteiger partial charge in [0.15, 0.2) is 5.96 Å². The lowest BCUT2D eigenvalue weighted by Crippen LogP contribution is -2.39. The van der Waals surface area contributed by atoms with E-state index < -0.39 is 0 Å². The molecular weight excluding hydrogens is 505 g/mol. The van der Waals surface area contributed by atoms with Gasteiger partial charge in [0, 0.05) is 56.9 Å². The van der Waals surface area contributed by atoms with Crippen molar-refractivity contribution in [2.24, 2.45) is 12.0 Å². The molecule has 0 amide bonds. The number of halogens is 2. The molecule has 2 aromatic heterocycles. The first-order valence-electron chi connectivity index (χ1n) is 8.79. The minimum Gasteiger partial charge on any atom is -0.356 e. The number of benzene rings is 1. The number of rotatable bonds is 6. The van der Waals surface area contributed by atoms with Crippen LogP contribution in [0.5, 0.6) is 0 Å². The van der Waals surface area contributed by atoms with Gasteiger partial charge in [-0.05, 0) is 6.07 Å². The number of aromatic nitrogens is 2. The fourth-order valence-electron chi connectivity index (χ4n) is 2.86. The molecule has 0 radical (unpaired) electrons. The molecule has 0 spiro atoms. The Kier molecular flexibility index (Phi) is 8.78. The van der Waals surface area contributed by atoms with E-state index in [9.17, 15) is 0 Å². The minimum atomic E-state index is 0. The van der Waals surface area contributed by atoms with Crippen LogP contribution in [0, 0.1) is 0 Å². The first-order chi connectivity index (χ1) is 13.1. The molecule has 0 saturated heterocycles. The van der Waals surface area contributed by atoms with Crippen molar-refractivity contribution in [1.29, 1.82) is 0 Å². The molecule has 8 heteroatoms. The highest BCUT2D eigenvalue weighted by molar-refractivity contribution is 14.0. The third-order valence-electron chi connectivity index (χ3n) is 4.28. The van der Waals surface area contributed by atoms with Crippen LogP contribution in [0.15, 0.2) is 53.0 Å². The topological polar surface area (TPSA) is 45.5 Å². The average Bonchev–Trinajstić information content (AvgIpc) is 3.26. The molecule has 0 aliphatic carbocycles. The zero-order chi connectivity index (χ0) is 19.2. The van der Waals surface area contributed by atoms with E-state index in [2.05, 4.69) is 32.7 Å². The smallest absolute Gasteiger partial charge is 0.193 e. The van der Waals surface area contributed by atoms with Crippen LogP contribution in [0.2, 0.25) is 5.02 Å². The van der Waals surface area contributed by atoms with Crippen LogP contribution in [0.3, 0.4) is 0 Å². The third kappa shape index (κ3) is 5.96. The Morgan fingerprint density at radius 2 is 2.07 bits per heavy atom. The summed E-state index contributed by atoms with van der Waals surface area (Å²) >= 11 is 7.75. The van der Waals surface area contributed by atoms with Gasteiger partial charge < -0.3 is 14.8 Å². The normalized spacial score (nSPS) is 11.2. The van der Waals surface area contributed by atoms with Gasteiger partial charge in [0.2, 0.25) is 0 Å².